The lowest BCUT2D eigenvalue weighted by atomic mass is 10.1. The van der Waals surface area contributed by atoms with Crippen molar-refractivity contribution < 1.29 is 18.9 Å². The molecule has 0 spiro atoms. The van der Waals surface area contributed by atoms with Gasteiger partial charge in [-0.05, 0) is 36.4 Å². The quantitative estimate of drug-likeness (QED) is 0.514. The van der Waals surface area contributed by atoms with Crippen LogP contribution in [-0.2, 0) is 0 Å². The zero-order valence-electron chi connectivity index (χ0n) is 13.6. The Bertz CT molecular complexity index is 983. The first-order valence-corrected chi connectivity index (χ1v) is 7.86. The monoisotopic (exact) mass is 372 g/mol. The first-order valence-electron chi connectivity index (χ1n) is 7.48. The molecule has 3 aromatic rings. The third kappa shape index (κ3) is 3.52. The van der Waals surface area contributed by atoms with Crippen molar-refractivity contribution in [2.75, 3.05) is 12.4 Å². The summed E-state index contributed by atoms with van der Waals surface area (Å²) in [5, 5.41) is 13.7. The Morgan fingerprint density at radius 1 is 1.19 bits per heavy atom. The zero-order chi connectivity index (χ0) is 18.7. The number of para-hydroxylation sites is 2. The molecule has 0 aliphatic carbocycles. The van der Waals surface area contributed by atoms with Gasteiger partial charge in [-0.3, -0.25) is 14.9 Å². The van der Waals surface area contributed by atoms with Crippen LogP contribution in [0.15, 0.2) is 59.0 Å². The number of nitrogens with zero attached hydrogens (tertiary/aromatic N) is 1. The molecule has 0 fully saturated rings. The Morgan fingerprint density at radius 2 is 1.96 bits per heavy atom. The van der Waals surface area contributed by atoms with Crippen molar-refractivity contribution in [3.63, 3.8) is 0 Å². The van der Waals surface area contributed by atoms with Crippen molar-refractivity contribution in [1.29, 1.82) is 0 Å². The number of ether oxygens (including phenoxy) is 1. The maximum absolute atomic E-state index is 12.4. The number of methoxy groups -OCH3 is 1. The van der Waals surface area contributed by atoms with E-state index in [1.165, 1.54) is 25.3 Å². The van der Waals surface area contributed by atoms with E-state index in [1.54, 1.807) is 36.4 Å². The predicted molar refractivity (Wildman–Crippen MR) is 96.8 cm³/mol. The molecule has 7 nitrogen and oxygen atoms in total. The van der Waals surface area contributed by atoms with E-state index in [0.29, 0.717) is 22.8 Å². The molecule has 0 saturated heterocycles. The van der Waals surface area contributed by atoms with E-state index in [2.05, 4.69) is 5.32 Å². The van der Waals surface area contributed by atoms with Crippen molar-refractivity contribution in [1.82, 2.24) is 0 Å². The summed E-state index contributed by atoms with van der Waals surface area (Å²) in [4.78, 5) is 22.8. The number of nitrogens with one attached hydrogen (secondary N) is 1. The van der Waals surface area contributed by atoms with Gasteiger partial charge in [0.15, 0.2) is 5.76 Å². The molecule has 2 aromatic carbocycles. The molecule has 1 aromatic heterocycles. The number of hydrogen-bond donors (Lipinski definition) is 1. The van der Waals surface area contributed by atoms with Gasteiger partial charge < -0.3 is 14.5 Å². The number of hydrogen-bond acceptors (Lipinski definition) is 5. The van der Waals surface area contributed by atoms with E-state index in [-0.39, 0.29) is 16.5 Å². The van der Waals surface area contributed by atoms with E-state index in [9.17, 15) is 14.9 Å². The fourth-order valence-electron chi connectivity index (χ4n) is 2.35. The van der Waals surface area contributed by atoms with Crippen LogP contribution in [0.1, 0.15) is 10.6 Å². The molecular weight excluding hydrogens is 360 g/mol. The number of amides is 1. The van der Waals surface area contributed by atoms with E-state index in [1.807, 2.05) is 0 Å². The number of benzene rings is 2. The summed E-state index contributed by atoms with van der Waals surface area (Å²) >= 11 is 5.80. The molecule has 26 heavy (non-hydrogen) atoms. The Balaban J connectivity index is 1.85. The number of rotatable bonds is 5. The molecule has 0 saturated carbocycles. The number of carbonyl (C=O) groups excluding carboxylic acids is 1. The summed E-state index contributed by atoms with van der Waals surface area (Å²) in [5.74, 6) is 0.420. The number of nitro benzene ring substituents is 1. The summed E-state index contributed by atoms with van der Waals surface area (Å²) < 4.78 is 10.7. The molecule has 1 N–H and O–H groups in total. The number of halogens is 1. The summed E-state index contributed by atoms with van der Waals surface area (Å²) in [6, 6.07) is 14.3. The molecule has 3 rings (SSSR count). The van der Waals surface area contributed by atoms with Gasteiger partial charge in [-0.2, -0.15) is 0 Å². The predicted octanol–water partition coefficient (Wildman–Crippen LogP) is 4.77. The van der Waals surface area contributed by atoms with Crippen molar-refractivity contribution in [3.8, 4) is 17.1 Å². The number of furan rings is 1. The average molecular weight is 373 g/mol. The SMILES string of the molecule is COc1ccccc1NC(=O)c1ccc(-c2ccc(Cl)c([N+](=O)[O-])c2)o1. The molecular formula is C18H13ClN2O5. The van der Waals surface area contributed by atoms with E-state index in [4.69, 9.17) is 20.8 Å². The fraction of sp³-hybridized carbons (Fsp3) is 0.0556. The van der Waals surface area contributed by atoms with E-state index in [0.717, 1.165) is 0 Å². The van der Waals surface area contributed by atoms with Gasteiger partial charge in [0.1, 0.15) is 16.5 Å². The maximum atomic E-state index is 12.4. The van der Waals surface area contributed by atoms with E-state index < -0.39 is 10.8 Å². The first-order chi connectivity index (χ1) is 12.5. The Morgan fingerprint density at radius 3 is 2.69 bits per heavy atom. The van der Waals surface area contributed by atoms with Crippen LogP contribution in [0.5, 0.6) is 5.75 Å². The van der Waals surface area contributed by atoms with Crippen LogP contribution >= 0.6 is 11.6 Å². The lowest BCUT2D eigenvalue weighted by Crippen LogP contribution is -2.11. The van der Waals surface area contributed by atoms with Gasteiger partial charge in [0.25, 0.3) is 11.6 Å². The molecule has 0 radical (unpaired) electrons. The first kappa shape index (κ1) is 17.5. The van der Waals surface area contributed by atoms with Crippen molar-refractivity contribution in [3.05, 3.63) is 75.5 Å². The molecule has 8 heteroatoms. The highest BCUT2D eigenvalue weighted by atomic mass is 35.5. The summed E-state index contributed by atoms with van der Waals surface area (Å²) in [6.45, 7) is 0. The molecule has 0 atom stereocenters. The Kier molecular flexibility index (Phi) is 4.90. The van der Waals surface area contributed by atoms with Gasteiger partial charge >= 0.3 is 0 Å². The summed E-state index contributed by atoms with van der Waals surface area (Å²) in [7, 11) is 1.50. The van der Waals surface area contributed by atoms with Crippen LogP contribution in [0.2, 0.25) is 5.02 Å². The molecule has 0 unspecified atom stereocenters. The van der Waals surface area contributed by atoms with Crippen molar-refractivity contribution >= 4 is 28.9 Å². The number of nitro groups is 1. The largest absolute Gasteiger partial charge is 0.495 e. The minimum atomic E-state index is -0.579. The highest BCUT2D eigenvalue weighted by Crippen LogP contribution is 2.31. The topological polar surface area (TPSA) is 94.6 Å². The molecule has 1 amide bonds. The maximum Gasteiger partial charge on any atom is 0.291 e. The third-order valence-electron chi connectivity index (χ3n) is 3.61. The lowest BCUT2D eigenvalue weighted by Gasteiger charge is -2.08. The molecule has 0 bridgehead atoms. The highest BCUT2D eigenvalue weighted by Gasteiger charge is 2.17. The molecule has 1 heterocycles. The van der Waals surface area contributed by atoms with Gasteiger partial charge in [-0.15, -0.1) is 0 Å². The van der Waals surface area contributed by atoms with Gasteiger partial charge in [0.05, 0.1) is 17.7 Å². The molecule has 0 aliphatic rings. The smallest absolute Gasteiger partial charge is 0.291 e. The normalized spacial score (nSPS) is 10.4. The van der Waals surface area contributed by atoms with Crippen LogP contribution in [0.25, 0.3) is 11.3 Å². The van der Waals surface area contributed by atoms with Crippen LogP contribution in [0, 0.1) is 10.1 Å². The number of anilines is 1. The highest BCUT2D eigenvalue weighted by molar-refractivity contribution is 6.32. The summed E-state index contributed by atoms with van der Waals surface area (Å²) in [6.07, 6.45) is 0. The van der Waals surface area contributed by atoms with Crippen molar-refractivity contribution in [2.24, 2.45) is 0 Å². The van der Waals surface area contributed by atoms with Gasteiger partial charge in [-0.25, -0.2) is 0 Å². The zero-order valence-corrected chi connectivity index (χ0v) is 14.3. The fourth-order valence-corrected chi connectivity index (χ4v) is 2.54. The summed E-state index contributed by atoms with van der Waals surface area (Å²) in [5.41, 5.74) is 0.707. The minimum absolute atomic E-state index is 0.0273. The standard InChI is InChI=1S/C18H13ClN2O5/c1-25-16-5-3-2-4-13(16)20-18(22)17-9-8-15(26-17)11-6-7-12(19)14(10-11)21(23)24/h2-10H,1H3,(H,20,22). The van der Waals surface area contributed by atoms with Gasteiger partial charge in [0.2, 0.25) is 0 Å². The molecule has 132 valence electrons. The second-order valence-corrected chi connectivity index (χ2v) is 5.65. The Labute approximate surface area is 153 Å². The van der Waals surface area contributed by atoms with Gasteiger partial charge in [-0.1, -0.05) is 23.7 Å². The lowest BCUT2D eigenvalue weighted by molar-refractivity contribution is -0.384. The number of carbonyl (C=O) groups is 1. The van der Waals surface area contributed by atoms with Crippen LogP contribution < -0.4 is 10.1 Å². The van der Waals surface area contributed by atoms with Crippen molar-refractivity contribution in [2.45, 2.75) is 0 Å². The van der Waals surface area contributed by atoms with E-state index >= 15 is 0 Å². The second kappa shape index (κ2) is 7.28. The van der Waals surface area contributed by atoms with Crippen LogP contribution in [-0.4, -0.2) is 17.9 Å². The average Bonchev–Trinajstić information content (AvgIpc) is 3.12. The Hall–Kier alpha value is -3.32. The molecule has 0 aliphatic heterocycles. The van der Waals surface area contributed by atoms with Gasteiger partial charge in [0, 0.05) is 11.6 Å². The minimum Gasteiger partial charge on any atom is -0.495 e. The third-order valence-corrected chi connectivity index (χ3v) is 3.93. The van der Waals surface area contributed by atoms with Crippen LogP contribution in [0.3, 0.4) is 0 Å². The second-order valence-electron chi connectivity index (χ2n) is 5.24. The van der Waals surface area contributed by atoms with Crippen LogP contribution in [0.4, 0.5) is 11.4 Å².